The van der Waals surface area contributed by atoms with Crippen molar-refractivity contribution in [1.29, 1.82) is 0 Å². The molecule has 2 nitrogen and oxygen atoms in total. The molecule has 2 heterocycles. The van der Waals surface area contributed by atoms with Crippen molar-refractivity contribution in [2.75, 3.05) is 0 Å². The van der Waals surface area contributed by atoms with Gasteiger partial charge in [-0.2, -0.15) is 11.3 Å². The van der Waals surface area contributed by atoms with Crippen molar-refractivity contribution in [3.05, 3.63) is 21.9 Å². The highest BCUT2D eigenvalue weighted by molar-refractivity contribution is 7.08. The maximum absolute atomic E-state index is 10.2. The van der Waals surface area contributed by atoms with Crippen LogP contribution < -0.4 is 5.32 Å². The summed E-state index contributed by atoms with van der Waals surface area (Å²) in [5.41, 5.74) is 2.85. The van der Waals surface area contributed by atoms with Crippen molar-refractivity contribution < 1.29 is 4.79 Å². The average Bonchev–Trinajstić information content (AvgIpc) is 2.44. The second kappa shape index (κ2) is 1.97. The van der Waals surface area contributed by atoms with Gasteiger partial charge in [-0.1, -0.05) is 0 Å². The number of nitrogens with one attached hydrogen (secondary N) is 1. The molecular weight excluding hydrogens is 146 g/mol. The largest absolute Gasteiger partial charge is 0.371 e. The van der Waals surface area contributed by atoms with Gasteiger partial charge in [0.1, 0.15) is 5.70 Å². The topological polar surface area (TPSA) is 29.1 Å². The zero-order chi connectivity index (χ0) is 6.97. The van der Waals surface area contributed by atoms with E-state index < -0.39 is 0 Å². The lowest BCUT2D eigenvalue weighted by molar-refractivity contribution is 0.568. The fourth-order valence-electron chi connectivity index (χ4n) is 1.05. The van der Waals surface area contributed by atoms with Crippen molar-refractivity contribution in [1.82, 2.24) is 5.32 Å². The Morgan fingerprint density at radius 3 is 3.30 bits per heavy atom. The van der Waals surface area contributed by atoms with E-state index in [9.17, 15) is 4.79 Å². The molecule has 0 bridgehead atoms. The van der Waals surface area contributed by atoms with Gasteiger partial charge in [-0.3, -0.25) is 0 Å². The van der Waals surface area contributed by atoms with Gasteiger partial charge >= 0.3 is 0 Å². The third kappa shape index (κ3) is 0.618. The van der Waals surface area contributed by atoms with Crippen LogP contribution in [0.25, 0.3) is 5.70 Å². The number of carbonyl (C=O) groups excluding carboxylic acids is 1. The molecule has 0 saturated carbocycles. The molecule has 1 aliphatic heterocycles. The molecule has 0 aliphatic carbocycles. The van der Waals surface area contributed by atoms with Crippen LogP contribution >= 0.6 is 11.3 Å². The summed E-state index contributed by atoms with van der Waals surface area (Å²) in [6.45, 7) is 0.781. The summed E-state index contributed by atoms with van der Waals surface area (Å²) in [6, 6.07) is 0. The number of thiophene rings is 1. The highest BCUT2D eigenvalue weighted by Crippen LogP contribution is 2.25. The maximum atomic E-state index is 10.2. The fourth-order valence-corrected chi connectivity index (χ4v) is 1.90. The Bertz CT molecular complexity index is 309. The molecule has 1 N–H and O–H groups in total. The van der Waals surface area contributed by atoms with Crippen molar-refractivity contribution in [2.24, 2.45) is 0 Å². The van der Waals surface area contributed by atoms with Gasteiger partial charge in [0.25, 0.3) is 0 Å². The zero-order valence-corrected chi connectivity index (χ0v) is 5.99. The van der Waals surface area contributed by atoms with Gasteiger partial charge in [-0.15, -0.1) is 0 Å². The second-order valence-electron chi connectivity index (χ2n) is 2.14. The average molecular weight is 151 g/mol. The van der Waals surface area contributed by atoms with Crippen LogP contribution in [0.2, 0.25) is 0 Å². The SMILES string of the molecule is O=C=C1NCc2cscc21. The summed E-state index contributed by atoms with van der Waals surface area (Å²) in [4.78, 5) is 10.2. The molecular formula is C7H5NOS. The quantitative estimate of drug-likeness (QED) is 0.561. The van der Waals surface area contributed by atoms with Crippen LogP contribution in [0.15, 0.2) is 10.8 Å². The van der Waals surface area contributed by atoms with E-state index in [2.05, 4.69) is 5.32 Å². The highest BCUT2D eigenvalue weighted by Gasteiger charge is 2.16. The highest BCUT2D eigenvalue weighted by atomic mass is 32.1. The lowest BCUT2D eigenvalue weighted by atomic mass is 10.2. The van der Waals surface area contributed by atoms with E-state index in [1.165, 1.54) is 5.56 Å². The van der Waals surface area contributed by atoms with Gasteiger partial charge in [0.15, 0.2) is 5.94 Å². The standard InChI is InChI=1S/C7H5NOS/c9-2-7-6-4-10-3-5(6)1-8-7/h3-4,8H,1H2. The maximum Gasteiger partial charge on any atom is 0.150 e. The molecule has 0 amide bonds. The van der Waals surface area contributed by atoms with Crippen molar-refractivity contribution in [3.8, 4) is 0 Å². The minimum absolute atomic E-state index is 0.608. The number of hydrogen-bond donors (Lipinski definition) is 1. The van der Waals surface area contributed by atoms with Crippen LogP contribution in [0.3, 0.4) is 0 Å². The lowest BCUT2D eigenvalue weighted by Crippen LogP contribution is -2.00. The smallest absolute Gasteiger partial charge is 0.150 e. The molecule has 2 rings (SSSR count). The van der Waals surface area contributed by atoms with E-state index in [0.29, 0.717) is 5.70 Å². The van der Waals surface area contributed by atoms with E-state index in [1.807, 2.05) is 16.7 Å². The Labute approximate surface area is 62.2 Å². The van der Waals surface area contributed by atoms with E-state index in [0.717, 1.165) is 12.1 Å². The van der Waals surface area contributed by atoms with Crippen LogP contribution in [0.5, 0.6) is 0 Å². The molecule has 0 fully saturated rings. The summed E-state index contributed by atoms with van der Waals surface area (Å²) in [5, 5.41) is 6.97. The first kappa shape index (κ1) is 5.71. The normalized spacial score (nSPS) is 14.2. The van der Waals surface area contributed by atoms with Gasteiger partial charge in [-0.25, -0.2) is 4.79 Å². The van der Waals surface area contributed by atoms with Gasteiger partial charge in [0.2, 0.25) is 0 Å². The van der Waals surface area contributed by atoms with Crippen molar-refractivity contribution in [2.45, 2.75) is 6.54 Å². The molecule has 0 spiro atoms. The van der Waals surface area contributed by atoms with Crippen LogP contribution in [-0.2, 0) is 11.3 Å². The van der Waals surface area contributed by atoms with E-state index in [1.54, 1.807) is 11.3 Å². The Morgan fingerprint density at radius 1 is 1.60 bits per heavy atom. The van der Waals surface area contributed by atoms with Crippen molar-refractivity contribution in [3.63, 3.8) is 0 Å². The Balaban J connectivity index is 2.63. The first-order chi connectivity index (χ1) is 4.92. The number of hydrogen-bond acceptors (Lipinski definition) is 3. The van der Waals surface area contributed by atoms with E-state index in [-0.39, 0.29) is 0 Å². The van der Waals surface area contributed by atoms with E-state index in [4.69, 9.17) is 0 Å². The first-order valence-electron chi connectivity index (χ1n) is 2.96. The molecule has 3 heteroatoms. The zero-order valence-electron chi connectivity index (χ0n) is 5.18. The third-order valence-corrected chi connectivity index (χ3v) is 2.36. The molecule has 0 unspecified atom stereocenters. The summed E-state index contributed by atoms with van der Waals surface area (Å²) in [7, 11) is 0. The molecule has 0 saturated heterocycles. The Kier molecular flexibility index (Phi) is 1.13. The van der Waals surface area contributed by atoms with Crippen LogP contribution in [-0.4, -0.2) is 5.94 Å². The molecule has 0 atom stereocenters. The molecule has 1 aromatic heterocycles. The van der Waals surface area contributed by atoms with Crippen LogP contribution in [0.4, 0.5) is 0 Å². The number of fused-ring (bicyclic) bond motifs is 1. The Morgan fingerprint density at radius 2 is 2.50 bits per heavy atom. The van der Waals surface area contributed by atoms with Gasteiger partial charge in [-0.05, 0) is 10.9 Å². The van der Waals surface area contributed by atoms with Gasteiger partial charge in [0.05, 0.1) is 0 Å². The minimum Gasteiger partial charge on any atom is -0.371 e. The molecule has 0 aromatic carbocycles. The van der Waals surface area contributed by atoms with Crippen LogP contribution in [0, 0.1) is 0 Å². The lowest BCUT2D eigenvalue weighted by Gasteiger charge is -1.88. The predicted octanol–water partition coefficient (Wildman–Crippen LogP) is 1.02. The molecule has 10 heavy (non-hydrogen) atoms. The number of rotatable bonds is 0. The summed E-state index contributed by atoms with van der Waals surface area (Å²) < 4.78 is 0. The fraction of sp³-hybridized carbons (Fsp3) is 0.143. The minimum atomic E-state index is 0.608. The second-order valence-corrected chi connectivity index (χ2v) is 2.88. The Hall–Kier alpha value is -1.05. The predicted molar refractivity (Wildman–Crippen MR) is 40.3 cm³/mol. The molecule has 1 aromatic rings. The molecule has 1 aliphatic rings. The summed E-state index contributed by atoms with van der Waals surface area (Å²) in [6.07, 6.45) is 0. The molecule has 0 radical (unpaired) electrons. The first-order valence-corrected chi connectivity index (χ1v) is 3.90. The van der Waals surface area contributed by atoms with Crippen molar-refractivity contribution >= 4 is 23.0 Å². The summed E-state index contributed by atoms with van der Waals surface area (Å²) >= 11 is 1.62. The monoisotopic (exact) mass is 151 g/mol. The van der Waals surface area contributed by atoms with Gasteiger partial charge < -0.3 is 5.32 Å². The third-order valence-electron chi connectivity index (χ3n) is 1.57. The van der Waals surface area contributed by atoms with E-state index >= 15 is 0 Å². The summed E-state index contributed by atoms with van der Waals surface area (Å²) in [5.74, 6) is 1.87. The van der Waals surface area contributed by atoms with Gasteiger partial charge in [0, 0.05) is 17.5 Å². The molecule has 50 valence electrons. The van der Waals surface area contributed by atoms with Crippen LogP contribution in [0.1, 0.15) is 11.1 Å².